The van der Waals surface area contributed by atoms with E-state index in [1.165, 1.54) is 0 Å². The van der Waals surface area contributed by atoms with Crippen molar-refractivity contribution in [3.63, 3.8) is 0 Å². The standard InChI is InChI=1S/C13H24N2OS/c1-5-8-11(9-14)12(16)15-10-13(6-2,7-3)17-4/h11H,5-8,10H2,1-4H3,(H,15,16). The predicted molar refractivity (Wildman–Crippen MR) is 73.8 cm³/mol. The number of thioether (sulfide) groups is 1. The predicted octanol–water partition coefficient (Wildman–Crippen LogP) is 2.96. The van der Waals surface area contributed by atoms with Crippen molar-refractivity contribution in [2.75, 3.05) is 12.8 Å². The average Bonchev–Trinajstić information content (AvgIpc) is 2.38. The lowest BCUT2D eigenvalue weighted by molar-refractivity contribution is -0.123. The number of nitrogens with zero attached hydrogens (tertiary/aromatic N) is 1. The van der Waals surface area contributed by atoms with Crippen LogP contribution in [0.2, 0.25) is 0 Å². The Bertz CT molecular complexity index is 261. The third-order valence-corrected chi connectivity index (χ3v) is 4.94. The minimum Gasteiger partial charge on any atom is -0.354 e. The lowest BCUT2D eigenvalue weighted by Gasteiger charge is -2.30. The van der Waals surface area contributed by atoms with E-state index in [9.17, 15) is 4.79 Å². The van der Waals surface area contributed by atoms with Crippen LogP contribution in [0, 0.1) is 17.2 Å². The van der Waals surface area contributed by atoms with Gasteiger partial charge in [0.2, 0.25) is 5.91 Å². The second kappa shape index (κ2) is 8.41. The zero-order valence-electron chi connectivity index (χ0n) is 11.4. The van der Waals surface area contributed by atoms with Crippen molar-refractivity contribution in [2.45, 2.75) is 51.2 Å². The van der Waals surface area contributed by atoms with Gasteiger partial charge in [-0.3, -0.25) is 4.79 Å². The molecule has 4 heteroatoms. The first-order valence-corrected chi connectivity index (χ1v) is 7.54. The first kappa shape index (κ1) is 16.3. The van der Waals surface area contributed by atoms with Crippen molar-refractivity contribution in [2.24, 2.45) is 5.92 Å². The van der Waals surface area contributed by atoms with Gasteiger partial charge in [-0.2, -0.15) is 17.0 Å². The number of hydrogen-bond donors (Lipinski definition) is 1. The molecule has 1 unspecified atom stereocenters. The highest BCUT2D eigenvalue weighted by Crippen LogP contribution is 2.29. The van der Waals surface area contributed by atoms with Crippen LogP contribution >= 0.6 is 11.8 Å². The van der Waals surface area contributed by atoms with E-state index in [1.54, 1.807) is 11.8 Å². The molecule has 0 aromatic rings. The van der Waals surface area contributed by atoms with E-state index in [0.29, 0.717) is 13.0 Å². The summed E-state index contributed by atoms with van der Waals surface area (Å²) in [7, 11) is 0. The zero-order chi connectivity index (χ0) is 13.3. The summed E-state index contributed by atoms with van der Waals surface area (Å²) in [6.07, 6.45) is 5.63. The van der Waals surface area contributed by atoms with Crippen LogP contribution in [-0.2, 0) is 4.79 Å². The smallest absolute Gasteiger partial charge is 0.237 e. The van der Waals surface area contributed by atoms with Crippen molar-refractivity contribution in [1.29, 1.82) is 5.26 Å². The van der Waals surface area contributed by atoms with Gasteiger partial charge in [0, 0.05) is 11.3 Å². The number of carbonyl (C=O) groups excluding carboxylic acids is 1. The maximum absolute atomic E-state index is 11.8. The summed E-state index contributed by atoms with van der Waals surface area (Å²) < 4.78 is 0.113. The average molecular weight is 256 g/mol. The molecular weight excluding hydrogens is 232 g/mol. The summed E-state index contributed by atoms with van der Waals surface area (Å²) in [5, 5.41) is 11.8. The van der Waals surface area contributed by atoms with Gasteiger partial charge < -0.3 is 5.32 Å². The molecule has 0 fully saturated rings. The second-order valence-electron chi connectivity index (χ2n) is 4.28. The highest BCUT2D eigenvalue weighted by molar-refractivity contribution is 8.00. The molecule has 0 heterocycles. The number of carbonyl (C=O) groups is 1. The zero-order valence-corrected chi connectivity index (χ0v) is 12.2. The molecule has 1 amide bonds. The summed E-state index contributed by atoms with van der Waals surface area (Å²) in [6.45, 7) is 6.92. The van der Waals surface area contributed by atoms with Crippen LogP contribution in [0.3, 0.4) is 0 Å². The lowest BCUT2D eigenvalue weighted by atomic mass is 10.0. The molecule has 0 aliphatic carbocycles. The van der Waals surface area contributed by atoms with E-state index in [0.717, 1.165) is 19.3 Å². The van der Waals surface area contributed by atoms with Gasteiger partial charge in [0.05, 0.1) is 6.07 Å². The molecule has 0 aromatic carbocycles. The largest absolute Gasteiger partial charge is 0.354 e. The molecule has 0 radical (unpaired) electrons. The summed E-state index contributed by atoms with van der Waals surface area (Å²) in [6, 6.07) is 2.07. The van der Waals surface area contributed by atoms with Gasteiger partial charge >= 0.3 is 0 Å². The SMILES string of the molecule is CCCC(C#N)C(=O)NCC(CC)(CC)SC. The van der Waals surface area contributed by atoms with Gasteiger partial charge in [-0.25, -0.2) is 0 Å². The molecule has 0 saturated carbocycles. The van der Waals surface area contributed by atoms with Crippen LogP contribution < -0.4 is 5.32 Å². The molecule has 17 heavy (non-hydrogen) atoms. The van der Waals surface area contributed by atoms with Crippen molar-refractivity contribution in [3.05, 3.63) is 0 Å². The molecule has 98 valence electrons. The Hall–Kier alpha value is -0.690. The fourth-order valence-corrected chi connectivity index (χ4v) is 2.57. The summed E-state index contributed by atoms with van der Waals surface area (Å²) in [5.74, 6) is -0.608. The van der Waals surface area contributed by atoms with Crippen molar-refractivity contribution in [1.82, 2.24) is 5.32 Å². The number of amides is 1. The van der Waals surface area contributed by atoms with Crippen LogP contribution in [0.5, 0.6) is 0 Å². The topological polar surface area (TPSA) is 52.9 Å². The van der Waals surface area contributed by atoms with Crippen molar-refractivity contribution in [3.8, 4) is 6.07 Å². The maximum Gasteiger partial charge on any atom is 0.237 e. The van der Waals surface area contributed by atoms with E-state index in [4.69, 9.17) is 5.26 Å². The van der Waals surface area contributed by atoms with Gasteiger partial charge in [0.25, 0.3) is 0 Å². The molecule has 0 bridgehead atoms. The van der Waals surface area contributed by atoms with Gasteiger partial charge in [-0.1, -0.05) is 27.2 Å². The molecule has 3 nitrogen and oxygen atoms in total. The number of hydrogen-bond acceptors (Lipinski definition) is 3. The highest BCUT2D eigenvalue weighted by atomic mass is 32.2. The molecule has 0 rings (SSSR count). The van der Waals surface area contributed by atoms with Crippen molar-refractivity contribution >= 4 is 17.7 Å². The van der Waals surface area contributed by atoms with Gasteiger partial charge in [-0.15, -0.1) is 0 Å². The molecule has 0 aliphatic rings. The Morgan fingerprint density at radius 2 is 2.00 bits per heavy atom. The fraction of sp³-hybridized carbons (Fsp3) is 0.846. The molecule has 0 spiro atoms. The fourth-order valence-electron chi connectivity index (χ4n) is 1.78. The van der Waals surface area contributed by atoms with Crippen LogP contribution in [0.1, 0.15) is 46.5 Å². The van der Waals surface area contributed by atoms with E-state index >= 15 is 0 Å². The van der Waals surface area contributed by atoms with Crippen LogP contribution in [-0.4, -0.2) is 23.5 Å². The monoisotopic (exact) mass is 256 g/mol. The number of rotatable bonds is 8. The molecule has 0 saturated heterocycles. The molecule has 1 N–H and O–H groups in total. The third kappa shape index (κ3) is 4.99. The first-order chi connectivity index (χ1) is 8.09. The highest BCUT2D eigenvalue weighted by Gasteiger charge is 2.27. The molecule has 1 atom stereocenters. The molecular formula is C13H24N2OS. The van der Waals surface area contributed by atoms with E-state index < -0.39 is 5.92 Å². The maximum atomic E-state index is 11.8. The van der Waals surface area contributed by atoms with E-state index in [2.05, 4.69) is 31.5 Å². The first-order valence-electron chi connectivity index (χ1n) is 6.31. The summed E-state index contributed by atoms with van der Waals surface area (Å²) >= 11 is 1.79. The van der Waals surface area contributed by atoms with E-state index in [-0.39, 0.29) is 10.7 Å². The Morgan fingerprint density at radius 3 is 2.35 bits per heavy atom. The molecule has 0 aliphatic heterocycles. The second-order valence-corrected chi connectivity index (χ2v) is 5.56. The van der Waals surface area contributed by atoms with Gasteiger partial charge in [-0.05, 0) is 25.5 Å². The number of nitrogens with one attached hydrogen (secondary N) is 1. The van der Waals surface area contributed by atoms with Gasteiger partial charge in [0.1, 0.15) is 5.92 Å². The summed E-state index contributed by atoms with van der Waals surface area (Å²) in [5.41, 5.74) is 0. The Labute approximate surface area is 109 Å². The lowest BCUT2D eigenvalue weighted by Crippen LogP contribution is -2.41. The Kier molecular flexibility index (Phi) is 8.07. The third-order valence-electron chi connectivity index (χ3n) is 3.36. The van der Waals surface area contributed by atoms with Gasteiger partial charge in [0.15, 0.2) is 0 Å². The molecule has 0 aromatic heterocycles. The summed E-state index contributed by atoms with van der Waals surface area (Å²) in [4.78, 5) is 11.8. The Balaban J connectivity index is 4.35. The normalized spacial score (nSPS) is 12.9. The van der Waals surface area contributed by atoms with Crippen LogP contribution in [0.15, 0.2) is 0 Å². The van der Waals surface area contributed by atoms with Crippen LogP contribution in [0.25, 0.3) is 0 Å². The van der Waals surface area contributed by atoms with Crippen molar-refractivity contribution < 1.29 is 4.79 Å². The minimum absolute atomic E-state index is 0.113. The number of nitriles is 1. The quantitative estimate of drug-likeness (QED) is 0.726. The van der Waals surface area contributed by atoms with E-state index in [1.807, 2.05) is 6.92 Å². The van der Waals surface area contributed by atoms with Crippen LogP contribution in [0.4, 0.5) is 0 Å². The minimum atomic E-state index is -0.492. The Morgan fingerprint density at radius 1 is 1.41 bits per heavy atom.